The maximum atomic E-state index is 14.3. The van der Waals surface area contributed by atoms with Crippen LogP contribution in [-0.4, -0.2) is 17.6 Å². The minimum absolute atomic E-state index is 0. The zero-order valence-electron chi connectivity index (χ0n) is 34.5. The molecule has 1 aliphatic rings. The molecule has 1 aliphatic heterocycles. The summed E-state index contributed by atoms with van der Waals surface area (Å²) >= 11 is 0. The van der Waals surface area contributed by atoms with E-state index in [4.69, 9.17) is 0 Å². The molecule has 0 radical (unpaired) electrons. The van der Waals surface area contributed by atoms with Gasteiger partial charge in [0.15, 0.2) is 34.9 Å². The molecule has 0 unspecified atom stereocenters. The molecule has 0 bridgehead atoms. The van der Waals surface area contributed by atoms with E-state index in [0.717, 1.165) is 124 Å². The summed E-state index contributed by atoms with van der Waals surface area (Å²) in [4.78, 5) is 0. The Morgan fingerprint density at radius 1 is 0.419 bits per heavy atom. The number of rotatable bonds is 10. The Balaban J connectivity index is 0.00000529. The molecular weight excluding hydrogens is 856 g/mol. The number of hydrogen-bond acceptors (Lipinski definition) is 0. The maximum Gasteiger partial charge on any atom is 0.194 e. The fraction of sp³-hybridized carbons (Fsp3) is 0.185. The van der Waals surface area contributed by atoms with Gasteiger partial charge in [0.2, 0.25) is 0 Å². The fourth-order valence-corrected chi connectivity index (χ4v) is 9.47. The molecular formula is C54H44BrF6N. The quantitative estimate of drug-likeness (QED) is 0.0729. The highest BCUT2D eigenvalue weighted by atomic mass is 79.9. The lowest BCUT2D eigenvalue weighted by molar-refractivity contribution is -0.953. The molecule has 0 saturated heterocycles. The lowest BCUT2D eigenvalue weighted by Gasteiger charge is -2.39. The molecule has 0 atom stereocenters. The fourth-order valence-electron chi connectivity index (χ4n) is 9.47. The smallest absolute Gasteiger partial charge is 0.194 e. The van der Waals surface area contributed by atoms with Crippen molar-refractivity contribution in [2.75, 3.05) is 13.1 Å². The first-order valence-corrected chi connectivity index (χ1v) is 21.0. The molecule has 0 aliphatic carbocycles. The Morgan fingerprint density at radius 3 is 1.11 bits per heavy atom. The van der Waals surface area contributed by atoms with Crippen LogP contribution in [0.4, 0.5) is 26.3 Å². The third-order valence-electron chi connectivity index (χ3n) is 12.5. The molecule has 9 rings (SSSR count). The van der Waals surface area contributed by atoms with E-state index in [1.807, 2.05) is 48.5 Å². The van der Waals surface area contributed by atoms with E-state index in [1.165, 1.54) is 22.3 Å². The SMILES string of the molecule is CCCC[N+]1(CCCC)Cc2c(-c3ccc(-c4cc(F)c(F)c(F)c4)cc3)cc3ccccc3c2-c2c(c(-c3ccc(-c4cc(F)c(F)c(F)c4)cc3)cc3ccccc23)C1.[Br-]. The first-order chi connectivity index (χ1) is 29.6. The van der Waals surface area contributed by atoms with E-state index in [9.17, 15) is 26.3 Å². The Kier molecular flexibility index (Phi) is 12.2. The van der Waals surface area contributed by atoms with Gasteiger partial charge in [0.05, 0.1) is 13.1 Å². The average molecular weight is 901 g/mol. The van der Waals surface area contributed by atoms with Gasteiger partial charge in [-0.3, -0.25) is 0 Å². The highest BCUT2D eigenvalue weighted by molar-refractivity contribution is 6.12. The largest absolute Gasteiger partial charge is 1.00 e. The normalized spacial score (nSPS) is 13.1. The Labute approximate surface area is 368 Å². The highest BCUT2D eigenvalue weighted by Gasteiger charge is 2.37. The maximum absolute atomic E-state index is 14.3. The summed E-state index contributed by atoms with van der Waals surface area (Å²) in [6.07, 6.45) is 4.16. The Bertz CT molecular complexity index is 2710. The zero-order chi connectivity index (χ0) is 42.4. The molecule has 0 saturated carbocycles. The minimum Gasteiger partial charge on any atom is -1.00 e. The topological polar surface area (TPSA) is 0 Å². The lowest BCUT2D eigenvalue weighted by atomic mass is 9.82. The zero-order valence-corrected chi connectivity index (χ0v) is 36.0. The van der Waals surface area contributed by atoms with Crippen LogP contribution in [0.1, 0.15) is 50.7 Å². The molecule has 0 spiro atoms. The van der Waals surface area contributed by atoms with Gasteiger partial charge in [0, 0.05) is 22.3 Å². The number of benzene rings is 8. The Hall–Kier alpha value is -5.70. The molecule has 8 heteroatoms. The van der Waals surface area contributed by atoms with Crippen molar-refractivity contribution in [3.63, 3.8) is 0 Å². The average Bonchev–Trinajstić information content (AvgIpc) is 3.43. The van der Waals surface area contributed by atoms with Crippen LogP contribution in [0.25, 0.3) is 77.2 Å². The molecule has 8 aromatic rings. The van der Waals surface area contributed by atoms with Crippen molar-refractivity contribution in [1.29, 1.82) is 0 Å². The van der Waals surface area contributed by atoms with Crippen LogP contribution in [0.2, 0.25) is 0 Å². The van der Waals surface area contributed by atoms with E-state index in [0.29, 0.717) is 11.1 Å². The van der Waals surface area contributed by atoms with Gasteiger partial charge in [-0.15, -0.1) is 0 Å². The lowest BCUT2D eigenvalue weighted by Crippen LogP contribution is -3.00. The number of unbranched alkanes of at least 4 members (excludes halogenated alkanes) is 2. The van der Waals surface area contributed by atoms with E-state index >= 15 is 0 Å². The summed E-state index contributed by atoms with van der Waals surface area (Å²) in [5, 5.41) is 4.43. The van der Waals surface area contributed by atoms with Crippen molar-refractivity contribution < 1.29 is 47.8 Å². The summed E-state index contributed by atoms with van der Waals surface area (Å²) in [7, 11) is 0. The van der Waals surface area contributed by atoms with E-state index in [1.54, 1.807) is 0 Å². The molecule has 0 fully saturated rings. The number of halogens is 7. The second kappa shape index (κ2) is 17.6. The van der Waals surface area contributed by atoms with E-state index < -0.39 is 34.9 Å². The van der Waals surface area contributed by atoms with Crippen molar-refractivity contribution in [3.8, 4) is 55.6 Å². The van der Waals surface area contributed by atoms with Gasteiger partial charge in [0.1, 0.15) is 13.1 Å². The summed E-state index contributed by atoms with van der Waals surface area (Å²) in [6.45, 7) is 7.94. The summed E-state index contributed by atoms with van der Waals surface area (Å²) in [5.41, 5.74) is 10.6. The van der Waals surface area contributed by atoms with Gasteiger partial charge >= 0.3 is 0 Å². The van der Waals surface area contributed by atoms with Crippen LogP contribution in [0.15, 0.2) is 133 Å². The molecule has 0 aromatic heterocycles. The summed E-state index contributed by atoms with van der Waals surface area (Å²) in [6, 6.07) is 41.0. The van der Waals surface area contributed by atoms with Crippen molar-refractivity contribution in [3.05, 3.63) is 179 Å². The van der Waals surface area contributed by atoms with Gasteiger partial charge in [-0.1, -0.05) is 124 Å². The van der Waals surface area contributed by atoms with Crippen LogP contribution in [0.3, 0.4) is 0 Å². The van der Waals surface area contributed by atoms with Crippen molar-refractivity contribution in [2.24, 2.45) is 0 Å². The third-order valence-corrected chi connectivity index (χ3v) is 12.5. The predicted octanol–water partition coefficient (Wildman–Crippen LogP) is 12.6. The summed E-state index contributed by atoms with van der Waals surface area (Å²) < 4.78 is 86.0. The molecule has 62 heavy (non-hydrogen) atoms. The first kappa shape index (κ1) is 43.0. The molecule has 1 heterocycles. The van der Waals surface area contributed by atoms with Crippen molar-refractivity contribution >= 4 is 21.5 Å². The monoisotopic (exact) mass is 899 g/mol. The molecule has 0 amide bonds. The number of fused-ring (bicyclic) bond motifs is 7. The second-order valence-corrected chi connectivity index (χ2v) is 16.5. The van der Waals surface area contributed by atoms with Gasteiger partial charge in [-0.2, -0.15) is 0 Å². The predicted molar refractivity (Wildman–Crippen MR) is 236 cm³/mol. The van der Waals surface area contributed by atoms with Gasteiger partial charge < -0.3 is 21.5 Å². The van der Waals surface area contributed by atoms with Crippen LogP contribution in [-0.2, 0) is 13.1 Å². The number of hydrogen-bond donors (Lipinski definition) is 0. The molecule has 1 nitrogen and oxygen atoms in total. The van der Waals surface area contributed by atoms with Gasteiger partial charge in [-0.25, -0.2) is 26.3 Å². The molecule has 0 N–H and O–H groups in total. The summed E-state index contributed by atoms with van der Waals surface area (Å²) in [5.74, 6) is -7.89. The Morgan fingerprint density at radius 2 is 0.758 bits per heavy atom. The van der Waals surface area contributed by atoms with Crippen LogP contribution < -0.4 is 17.0 Å². The second-order valence-electron chi connectivity index (χ2n) is 16.5. The van der Waals surface area contributed by atoms with Crippen molar-refractivity contribution in [1.82, 2.24) is 0 Å². The third kappa shape index (κ3) is 7.84. The first-order valence-electron chi connectivity index (χ1n) is 21.0. The molecule has 8 aromatic carbocycles. The highest BCUT2D eigenvalue weighted by Crippen LogP contribution is 2.50. The van der Waals surface area contributed by atoms with Crippen LogP contribution in [0.5, 0.6) is 0 Å². The van der Waals surface area contributed by atoms with Crippen molar-refractivity contribution in [2.45, 2.75) is 52.6 Å². The van der Waals surface area contributed by atoms with Gasteiger partial charge in [0.25, 0.3) is 0 Å². The van der Waals surface area contributed by atoms with Crippen LogP contribution in [0, 0.1) is 34.9 Å². The molecule has 314 valence electrons. The van der Waals surface area contributed by atoms with Crippen LogP contribution >= 0.6 is 0 Å². The van der Waals surface area contributed by atoms with E-state index in [2.05, 4.69) is 74.5 Å². The standard InChI is InChI=1S/C54H44F6N.BrH/c1-3-5-23-61(24-6-4-2)31-45-43(35-19-15-33(16-20-35)39-27-47(55)53(59)48(56)28-39)25-37-11-7-9-13-41(37)51(45)52-42-14-10-8-12-38(42)26-44(46(52)32-61)36-21-17-34(18-22-36)40-29-49(57)54(60)50(58)30-40;/h7-22,25-30H,3-6,23-24,31-32H2,1-2H3;1H/q+1;/p-1. The van der Waals surface area contributed by atoms with Gasteiger partial charge in [-0.05, 0) is 115 Å². The van der Waals surface area contributed by atoms with E-state index in [-0.39, 0.29) is 28.1 Å². The number of quaternary nitrogens is 1. The number of nitrogens with zero attached hydrogens (tertiary/aromatic N) is 1. The minimum atomic E-state index is -1.49.